The lowest BCUT2D eigenvalue weighted by atomic mass is 9.81. The third-order valence-corrected chi connectivity index (χ3v) is 6.29. The molecule has 0 saturated carbocycles. The van der Waals surface area contributed by atoms with Gasteiger partial charge in [-0.2, -0.15) is 0 Å². The van der Waals surface area contributed by atoms with E-state index in [1.165, 1.54) is 0 Å². The van der Waals surface area contributed by atoms with Crippen LogP contribution in [0.2, 0.25) is 0 Å². The van der Waals surface area contributed by atoms with Crippen LogP contribution in [0.5, 0.6) is 0 Å². The van der Waals surface area contributed by atoms with E-state index in [2.05, 4.69) is 25.1 Å². The molecule has 0 aromatic heterocycles. The summed E-state index contributed by atoms with van der Waals surface area (Å²) in [6, 6.07) is 18.2. The first kappa shape index (κ1) is 19.2. The van der Waals surface area contributed by atoms with Gasteiger partial charge in [0, 0.05) is 25.9 Å². The van der Waals surface area contributed by atoms with E-state index in [0.717, 1.165) is 29.5 Å². The quantitative estimate of drug-likeness (QED) is 0.882. The molecule has 2 aliphatic heterocycles. The Balaban J connectivity index is 1.40. The van der Waals surface area contributed by atoms with Crippen LogP contribution in [0.3, 0.4) is 0 Å². The zero-order valence-corrected chi connectivity index (χ0v) is 16.5. The number of aliphatic hydroxyl groups excluding tert-OH is 1. The SMILES string of the molecule is Cc1ccccc1CC(=O)N1CCC2(CC1)C[C@H](O)C[C@H](c1ccccc1)O2. The van der Waals surface area contributed by atoms with Gasteiger partial charge in [0.05, 0.1) is 24.2 Å². The van der Waals surface area contributed by atoms with Crippen molar-refractivity contribution in [2.45, 2.75) is 56.8 Å². The number of hydrogen-bond acceptors (Lipinski definition) is 3. The highest BCUT2D eigenvalue weighted by Crippen LogP contribution is 2.43. The lowest BCUT2D eigenvalue weighted by Gasteiger charge is -2.48. The Labute approximate surface area is 167 Å². The lowest BCUT2D eigenvalue weighted by molar-refractivity contribution is -0.185. The van der Waals surface area contributed by atoms with Crippen molar-refractivity contribution in [3.8, 4) is 0 Å². The first-order valence-electron chi connectivity index (χ1n) is 10.3. The van der Waals surface area contributed by atoms with E-state index in [1.807, 2.05) is 41.3 Å². The molecule has 1 spiro atoms. The first-order chi connectivity index (χ1) is 13.5. The summed E-state index contributed by atoms with van der Waals surface area (Å²) in [4.78, 5) is 14.7. The molecule has 2 fully saturated rings. The summed E-state index contributed by atoms with van der Waals surface area (Å²) in [6.45, 7) is 3.44. The summed E-state index contributed by atoms with van der Waals surface area (Å²) in [6.07, 6.45) is 2.90. The van der Waals surface area contributed by atoms with E-state index in [4.69, 9.17) is 4.74 Å². The number of amides is 1. The summed E-state index contributed by atoms with van der Waals surface area (Å²) in [5, 5.41) is 10.5. The topological polar surface area (TPSA) is 49.8 Å². The molecule has 0 aliphatic carbocycles. The smallest absolute Gasteiger partial charge is 0.227 e. The minimum Gasteiger partial charge on any atom is -0.393 e. The minimum atomic E-state index is -0.354. The van der Waals surface area contributed by atoms with Gasteiger partial charge in [-0.25, -0.2) is 0 Å². The number of benzene rings is 2. The predicted molar refractivity (Wildman–Crippen MR) is 109 cm³/mol. The van der Waals surface area contributed by atoms with Gasteiger partial charge in [-0.3, -0.25) is 4.79 Å². The third-order valence-electron chi connectivity index (χ3n) is 6.29. The van der Waals surface area contributed by atoms with Crippen molar-refractivity contribution in [1.29, 1.82) is 0 Å². The number of rotatable bonds is 3. The van der Waals surface area contributed by atoms with Gasteiger partial charge < -0.3 is 14.7 Å². The monoisotopic (exact) mass is 379 g/mol. The molecule has 1 amide bonds. The van der Waals surface area contributed by atoms with E-state index in [-0.39, 0.29) is 23.7 Å². The van der Waals surface area contributed by atoms with Gasteiger partial charge in [0.2, 0.25) is 5.91 Å². The van der Waals surface area contributed by atoms with Crippen LogP contribution < -0.4 is 0 Å². The van der Waals surface area contributed by atoms with E-state index < -0.39 is 0 Å². The van der Waals surface area contributed by atoms with Crippen LogP contribution in [-0.2, 0) is 16.0 Å². The van der Waals surface area contributed by atoms with Crippen molar-refractivity contribution in [1.82, 2.24) is 4.90 Å². The Morgan fingerprint density at radius 3 is 2.50 bits per heavy atom. The fourth-order valence-electron chi connectivity index (χ4n) is 4.60. The molecule has 4 nitrogen and oxygen atoms in total. The molecule has 0 bridgehead atoms. The second-order valence-electron chi connectivity index (χ2n) is 8.28. The number of carbonyl (C=O) groups excluding carboxylic acids is 1. The van der Waals surface area contributed by atoms with Crippen LogP contribution >= 0.6 is 0 Å². The van der Waals surface area contributed by atoms with Crippen molar-refractivity contribution in [3.63, 3.8) is 0 Å². The number of carbonyl (C=O) groups is 1. The molecule has 0 unspecified atom stereocenters. The second kappa shape index (κ2) is 8.06. The number of ether oxygens (including phenoxy) is 1. The van der Waals surface area contributed by atoms with E-state index in [9.17, 15) is 9.90 Å². The molecule has 2 aliphatic rings. The molecule has 2 aromatic rings. The first-order valence-corrected chi connectivity index (χ1v) is 10.3. The maximum atomic E-state index is 12.8. The Hall–Kier alpha value is -2.17. The maximum absolute atomic E-state index is 12.8. The normalized spacial score (nSPS) is 24.3. The number of aryl methyl sites for hydroxylation is 1. The van der Waals surface area contributed by atoms with Crippen molar-refractivity contribution < 1.29 is 14.6 Å². The Kier molecular flexibility index (Phi) is 5.51. The zero-order chi connectivity index (χ0) is 19.6. The molecule has 2 aromatic carbocycles. The number of nitrogens with zero attached hydrogens (tertiary/aromatic N) is 1. The van der Waals surface area contributed by atoms with Gasteiger partial charge in [-0.1, -0.05) is 54.6 Å². The van der Waals surface area contributed by atoms with Gasteiger partial charge in [0.1, 0.15) is 0 Å². The van der Waals surface area contributed by atoms with Gasteiger partial charge in [0.25, 0.3) is 0 Å². The van der Waals surface area contributed by atoms with Crippen LogP contribution in [0.25, 0.3) is 0 Å². The zero-order valence-electron chi connectivity index (χ0n) is 16.5. The average molecular weight is 380 g/mol. The molecular formula is C24H29NO3. The van der Waals surface area contributed by atoms with Crippen LogP contribution in [0.15, 0.2) is 54.6 Å². The van der Waals surface area contributed by atoms with Gasteiger partial charge in [-0.05, 0) is 36.5 Å². The van der Waals surface area contributed by atoms with Gasteiger partial charge in [0.15, 0.2) is 0 Å². The maximum Gasteiger partial charge on any atom is 0.227 e. The highest BCUT2D eigenvalue weighted by Gasteiger charge is 2.44. The van der Waals surface area contributed by atoms with Gasteiger partial charge in [-0.15, -0.1) is 0 Å². The van der Waals surface area contributed by atoms with Crippen LogP contribution in [-0.4, -0.2) is 40.7 Å². The van der Waals surface area contributed by atoms with Crippen molar-refractivity contribution in [3.05, 3.63) is 71.3 Å². The molecule has 2 saturated heterocycles. The fraction of sp³-hybridized carbons (Fsp3) is 0.458. The van der Waals surface area contributed by atoms with E-state index >= 15 is 0 Å². The largest absolute Gasteiger partial charge is 0.393 e. The Morgan fingerprint density at radius 2 is 1.79 bits per heavy atom. The summed E-state index contributed by atoms with van der Waals surface area (Å²) in [7, 11) is 0. The predicted octanol–water partition coefficient (Wildman–Crippen LogP) is 3.81. The summed E-state index contributed by atoms with van der Waals surface area (Å²) < 4.78 is 6.54. The molecule has 4 rings (SSSR count). The number of likely N-dealkylation sites (tertiary alicyclic amines) is 1. The molecular weight excluding hydrogens is 350 g/mol. The standard InChI is InChI=1S/C24H29NO3/c1-18-7-5-6-10-20(18)15-23(27)25-13-11-24(12-14-25)17-21(26)16-22(28-24)19-8-3-2-4-9-19/h2-10,21-22,26H,11-17H2,1H3/t21-,22-/m1/s1. The van der Waals surface area contributed by atoms with Crippen LogP contribution in [0.4, 0.5) is 0 Å². The highest BCUT2D eigenvalue weighted by atomic mass is 16.5. The molecule has 148 valence electrons. The minimum absolute atomic E-state index is 0.0702. The summed E-state index contributed by atoms with van der Waals surface area (Å²) in [5.41, 5.74) is 3.06. The Morgan fingerprint density at radius 1 is 1.11 bits per heavy atom. The molecule has 2 heterocycles. The number of hydrogen-bond donors (Lipinski definition) is 1. The van der Waals surface area contributed by atoms with Gasteiger partial charge >= 0.3 is 0 Å². The molecule has 0 radical (unpaired) electrons. The summed E-state index contributed by atoms with van der Waals surface area (Å²) in [5.74, 6) is 0.181. The van der Waals surface area contributed by atoms with Crippen LogP contribution in [0, 0.1) is 6.92 Å². The summed E-state index contributed by atoms with van der Waals surface area (Å²) >= 11 is 0. The van der Waals surface area contributed by atoms with Crippen molar-refractivity contribution >= 4 is 5.91 Å². The second-order valence-corrected chi connectivity index (χ2v) is 8.28. The molecule has 28 heavy (non-hydrogen) atoms. The Bertz CT molecular complexity index is 812. The van der Waals surface area contributed by atoms with Crippen LogP contribution in [0.1, 0.15) is 48.5 Å². The van der Waals surface area contributed by atoms with Crippen molar-refractivity contribution in [2.24, 2.45) is 0 Å². The molecule has 2 atom stereocenters. The molecule has 1 N–H and O–H groups in total. The fourth-order valence-corrected chi connectivity index (χ4v) is 4.60. The number of piperidine rings is 1. The average Bonchev–Trinajstić information content (AvgIpc) is 2.70. The highest BCUT2D eigenvalue weighted by molar-refractivity contribution is 5.79. The van der Waals surface area contributed by atoms with E-state index in [0.29, 0.717) is 32.4 Å². The number of aliphatic hydroxyl groups is 1. The van der Waals surface area contributed by atoms with E-state index in [1.54, 1.807) is 0 Å². The van der Waals surface area contributed by atoms with Crippen molar-refractivity contribution in [2.75, 3.05) is 13.1 Å². The lowest BCUT2D eigenvalue weighted by Crippen LogP contribution is -2.52. The molecule has 4 heteroatoms. The third kappa shape index (κ3) is 4.13.